The quantitative estimate of drug-likeness (QED) is 0.822. The monoisotopic (exact) mass is 373 g/mol. The Labute approximate surface area is 156 Å². The molecule has 9 heteroatoms. The van der Waals surface area contributed by atoms with Crippen LogP contribution in [0, 0.1) is 5.92 Å². The third-order valence-electron chi connectivity index (χ3n) is 4.68. The Morgan fingerprint density at radius 1 is 1.30 bits per heavy atom. The lowest BCUT2D eigenvalue weighted by Crippen LogP contribution is -2.46. The second-order valence-corrected chi connectivity index (χ2v) is 6.52. The molecule has 0 bridgehead atoms. The van der Waals surface area contributed by atoms with E-state index in [1.54, 1.807) is 18.9 Å². The fourth-order valence-corrected chi connectivity index (χ4v) is 2.97. The van der Waals surface area contributed by atoms with Gasteiger partial charge in [-0.1, -0.05) is 5.16 Å². The van der Waals surface area contributed by atoms with Crippen molar-refractivity contribution in [2.75, 3.05) is 20.2 Å². The number of rotatable bonds is 5. The molecule has 0 radical (unpaired) electrons. The number of benzene rings is 1. The summed E-state index contributed by atoms with van der Waals surface area (Å²) in [5, 5.41) is 6.82. The molecule has 1 aliphatic rings. The second kappa shape index (κ2) is 8.07. The van der Waals surface area contributed by atoms with E-state index in [-0.39, 0.29) is 17.9 Å². The van der Waals surface area contributed by atoms with Crippen molar-refractivity contribution < 1.29 is 18.8 Å². The first-order chi connectivity index (χ1) is 13.0. The zero-order chi connectivity index (χ0) is 19.4. The van der Waals surface area contributed by atoms with Crippen molar-refractivity contribution in [3.8, 4) is 17.1 Å². The van der Waals surface area contributed by atoms with E-state index in [1.165, 1.54) is 0 Å². The van der Waals surface area contributed by atoms with E-state index in [0.717, 1.165) is 11.3 Å². The number of hydrogen-bond acceptors (Lipinski definition) is 6. The van der Waals surface area contributed by atoms with Crippen LogP contribution in [0.5, 0.6) is 5.75 Å². The maximum atomic E-state index is 12.4. The molecule has 0 saturated carbocycles. The number of urea groups is 1. The molecule has 3 amide bonds. The summed E-state index contributed by atoms with van der Waals surface area (Å²) in [5.41, 5.74) is 6.11. The van der Waals surface area contributed by atoms with Gasteiger partial charge in [-0.2, -0.15) is 4.98 Å². The van der Waals surface area contributed by atoms with Gasteiger partial charge in [0.05, 0.1) is 7.11 Å². The minimum atomic E-state index is -0.439. The van der Waals surface area contributed by atoms with Crippen LogP contribution in [0.4, 0.5) is 4.79 Å². The number of ether oxygens (including phenoxy) is 1. The van der Waals surface area contributed by atoms with Crippen molar-refractivity contribution in [3.63, 3.8) is 0 Å². The Morgan fingerprint density at radius 3 is 2.56 bits per heavy atom. The number of nitrogens with one attached hydrogen (secondary N) is 1. The Kier molecular flexibility index (Phi) is 5.58. The average molecular weight is 373 g/mol. The van der Waals surface area contributed by atoms with Crippen molar-refractivity contribution in [1.29, 1.82) is 0 Å². The van der Waals surface area contributed by atoms with Gasteiger partial charge in [0, 0.05) is 24.6 Å². The number of primary amides is 1. The summed E-state index contributed by atoms with van der Waals surface area (Å²) in [4.78, 5) is 29.6. The summed E-state index contributed by atoms with van der Waals surface area (Å²) in [6, 6.07) is 6.62. The molecule has 1 fully saturated rings. The number of piperidine rings is 1. The number of aromatic nitrogens is 2. The first kappa shape index (κ1) is 18.7. The summed E-state index contributed by atoms with van der Waals surface area (Å²) < 4.78 is 10.4. The van der Waals surface area contributed by atoms with E-state index in [2.05, 4.69) is 15.5 Å². The maximum Gasteiger partial charge on any atom is 0.318 e. The maximum absolute atomic E-state index is 12.4. The van der Waals surface area contributed by atoms with Crippen LogP contribution in [-0.2, 0) is 4.79 Å². The van der Waals surface area contributed by atoms with Crippen LogP contribution in [0.1, 0.15) is 31.7 Å². The smallest absolute Gasteiger partial charge is 0.318 e. The molecule has 1 aromatic carbocycles. The van der Waals surface area contributed by atoms with Crippen LogP contribution >= 0.6 is 0 Å². The van der Waals surface area contributed by atoms with Gasteiger partial charge in [-0.15, -0.1) is 0 Å². The van der Waals surface area contributed by atoms with Crippen LogP contribution in [0.3, 0.4) is 0 Å². The van der Waals surface area contributed by atoms with E-state index in [9.17, 15) is 9.59 Å². The first-order valence-corrected chi connectivity index (χ1v) is 8.80. The Hall–Kier alpha value is -3.10. The Morgan fingerprint density at radius 2 is 1.96 bits per heavy atom. The molecule has 9 nitrogen and oxygen atoms in total. The predicted octanol–water partition coefficient (Wildman–Crippen LogP) is 1.71. The van der Waals surface area contributed by atoms with Gasteiger partial charge in [-0.25, -0.2) is 4.79 Å². The third kappa shape index (κ3) is 4.36. The predicted molar refractivity (Wildman–Crippen MR) is 96.7 cm³/mol. The number of carbonyl (C=O) groups excluding carboxylic acids is 2. The second-order valence-electron chi connectivity index (χ2n) is 6.52. The summed E-state index contributed by atoms with van der Waals surface area (Å²) in [5.74, 6) is 1.04. The summed E-state index contributed by atoms with van der Waals surface area (Å²) in [7, 11) is 1.60. The van der Waals surface area contributed by atoms with E-state index >= 15 is 0 Å². The van der Waals surface area contributed by atoms with Gasteiger partial charge < -0.3 is 25.2 Å². The van der Waals surface area contributed by atoms with Gasteiger partial charge in [0.2, 0.25) is 17.6 Å². The Bertz CT molecular complexity index is 796. The molecule has 2 heterocycles. The zero-order valence-electron chi connectivity index (χ0n) is 15.3. The van der Waals surface area contributed by atoms with Crippen molar-refractivity contribution in [2.45, 2.75) is 25.8 Å². The molecule has 0 aliphatic carbocycles. The molecule has 3 N–H and O–H groups in total. The summed E-state index contributed by atoms with van der Waals surface area (Å²) in [6.07, 6.45) is 1.17. The van der Waals surface area contributed by atoms with Crippen molar-refractivity contribution in [3.05, 3.63) is 30.2 Å². The zero-order valence-corrected chi connectivity index (χ0v) is 15.3. The highest BCUT2D eigenvalue weighted by Gasteiger charge is 2.27. The highest BCUT2D eigenvalue weighted by atomic mass is 16.5. The van der Waals surface area contributed by atoms with Gasteiger partial charge in [-0.05, 0) is 44.0 Å². The lowest BCUT2D eigenvalue weighted by atomic mass is 9.96. The standard InChI is InChI=1S/C18H23N5O4/c1-11(20-18(25)23-9-7-12(8-10-23)15(19)24)17-21-16(22-27-17)13-3-5-14(26-2)6-4-13/h3-6,11-12H,7-10H2,1-2H3,(H2,19,24)(H,20,25)/t11-/m0/s1. The van der Waals surface area contributed by atoms with Gasteiger partial charge in [0.25, 0.3) is 0 Å². The van der Waals surface area contributed by atoms with Crippen LogP contribution in [0.15, 0.2) is 28.8 Å². The van der Waals surface area contributed by atoms with E-state index < -0.39 is 6.04 Å². The molecule has 0 spiro atoms. The van der Waals surface area contributed by atoms with Gasteiger partial charge >= 0.3 is 6.03 Å². The molecule has 1 aliphatic heterocycles. The van der Waals surface area contributed by atoms with Crippen LogP contribution < -0.4 is 15.8 Å². The number of likely N-dealkylation sites (tertiary alicyclic amines) is 1. The highest BCUT2D eigenvalue weighted by molar-refractivity contribution is 5.78. The lowest BCUT2D eigenvalue weighted by molar-refractivity contribution is -0.123. The van der Waals surface area contributed by atoms with E-state index in [4.69, 9.17) is 15.0 Å². The third-order valence-corrected chi connectivity index (χ3v) is 4.68. The largest absolute Gasteiger partial charge is 0.497 e. The number of methoxy groups -OCH3 is 1. The van der Waals surface area contributed by atoms with Crippen molar-refractivity contribution in [1.82, 2.24) is 20.4 Å². The molecule has 0 unspecified atom stereocenters. The molecule has 144 valence electrons. The summed E-state index contributed by atoms with van der Waals surface area (Å²) in [6.45, 7) is 2.76. The van der Waals surface area contributed by atoms with Gasteiger partial charge in [-0.3, -0.25) is 4.79 Å². The molecule has 1 aromatic heterocycles. The highest BCUT2D eigenvalue weighted by Crippen LogP contribution is 2.22. The molecule has 2 aromatic rings. The van der Waals surface area contributed by atoms with Crippen LogP contribution in [0.25, 0.3) is 11.4 Å². The minimum Gasteiger partial charge on any atom is -0.497 e. The number of amides is 3. The van der Waals surface area contributed by atoms with E-state index in [1.807, 2.05) is 24.3 Å². The molecular formula is C18H23N5O4. The SMILES string of the molecule is COc1ccc(-c2noc([C@H](C)NC(=O)N3CCC(C(N)=O)CC3)n2)cc1. The lowest BCUT2D eigenvalue weighted by Gasteiger charge is -2.31. The number of carbonyl (C=O) groups is 2. The normalized spacial score (nSPS) is 16.0. The first-order valence-electron chi connectivity index (χ1n) is 8.80. The van der Waals surface area contributed by atoms with E-state index in [0.29, 0.717) is 37.6 Å². The van der Waals surface area contributed by atoms with Gasteiger partial charge in [0.1, 0.15) is 11.8 Å². The summed E-state index contributed by atoms with van der Waals surface area (Å²) >= 11 is 0. The van der Waals surface area contributed by atoms with Crippen LogP contribution in [0.2, 0.25) is 0 Å². The number of nitrogens with zero attached hydrogens (tertiary/aromatic N) is 3. The number of nitrogens with two attached hydrogens (primary N) is 1. The minimum absolute atomic E-state index is 0.158. The fraction of sp³-hybridized carbons (Fsp3) is 0.444. The van der Waals surface area contributed by atoms with Crippen LogP contribution in [-0.4, -0.2) is 47.2 Å². The van der Waals surface area contributed by atoms with Crippen molar-refractivity contribution >= 4 is 11.9 Å². The van der Waals surface area contributed by atoms with Crippen molar-refractivity contribution in [2.24, 2.45) is 11.7 Å². The molecule has 1 saturated heterocycles. The molecule has 1 atom stereocenters. The molecule has 27 heavy (non-hydrogen) atoms. The molecule has 3 rings (SSSR count). The number of hydrogen-bond donors (Lipinski definition) is 2. The van der Waals surface area contributed by atoms with Gasteiger partial charge in [0.15, 0.2) is 0 Å². The average Bonchev–Trinajstić information content (AvgIpc) is 3.18. The molecular weight excluding hydrogens is 350 g/mol. The topological polar surface area (TPSA) is 124 Å². The Balaban J connectivity index is 1.58. The fourth-order valence-electron chi connectivity index (χ4n) is 2.97.